The normalized spacial score (nSPS) is 16.0. The highest BCUT2D eigenvalue weighted by Crippen LogP contribution is 2.21. The van der Waals surface area contributed by atoms with Gasteiger partial charge in [0, 0.05) is 25.8 Å². The van der Waals surface area contributed by atoms with Gasteiger partial charge in [-0.3, -0.25) is 57.5 Å². The molecule has 1 heterocycles. The quantitative estimate of drug-likeness (QED) is 0.0332. The van der Waals surface area contributed by atoms with Crippen LogP contribution in [0.15, 0.2) is 24.3 Å². The van der Waals surface area contributed by atoms with Gasteiger partial charge >= 0.3 is 5.97 Å². The lowest BCUT2D eigenvalue weighted by molar-refractivity contribution is -0.143. The predicted octanol–water partition coefficient (Wildman–Crippen LogP) is -4.89. The fourth-order valence-electron chi connectivity index (χ4n) is 7.48. The number of benzene rings is 1. The summed E-state index contributed by atoms with van der Waals surface area (Å²) in [7, 11) is 0. The highest BCUT2D eigenvalue weighted by atomic mass is 16.4. The maximum atomic E-state index is 14.1. The summed E-state index contributed by atoms with van der Waals surface area (Å²) in [4.78, 5) is 156. The molecule has 1 aromatic carbocycles. The summed E-state index contributed by atoms with van der Waals surface area (Å²) < 4.78 is 0. The Balaban J connectivity index is 2.26. The molecule has 0 saturated carbocycles. The lowest BCUT2D eigenvalue weighted by atomic mass is 10.0. The first-order valence-corrected chi connectivity index (χ1v) is 23.8. The van der Waals surface area contributed by atoms with Gasteiger partial charge in [0.15, 0.2) is 0 Å². The number of carbonyl (C=O) groups is 12. The van der Waals surface area contributed by atoms with Crippen molar-refractivity contribution in [3.63, 3.8) is 0 Å². The first-order valence-electron chi connectivity index (χ1n) is 23.8. The molecule has 17 N–H and O–H groups in total. The van der Waals surface area contributed by atoms with E-state index in [9.17, 15) is 67.7 Å². The van der Waals surface area contributed by atoms with Crippen molar-refractivity contribution < 1.29 is 72.9 Å². The molecule has 1 saturated heterocycles. The van der Waals surface area contributed by atoms with E-state index < -0.39 is 152 Å². The Bertz CT molecular complexity index is 2140. The van der Waals surface area contributed by atoms with Crippen molar-refractivity contribution in [2.45, 2.75) is 141 Å². The molecule has 27 nitrogen and oxygen atoms in total. The Morgan fingerprint density at radius 3 is 1.73 bits per heavy atom. The van der Waals surface area contributed by atoms with Gasteiger partial charge in [-0.05, 0) is 75.0 Å². The number of rotatable bonds is 31. The first kappa shape index (κ1) is 61.7. The molecule has 0 radical (unpaired) electrons. The van der Waals surface area contributed by atoms with Crippen molar-refractivity contribution in [3.05, 3.63) is 29.8 Å². The third-order valence-electron chi connectivity index (χ3n) is 11.3. The van der Waals surface area contributed by atoms with Crippen LogP contribution in [0.3, 0.4) is 0 Å². The van der Waals surface area contributed by atoms with Crippen LogP contribution in [0.25, 0.3) is 0 Å². The molecule has 0 aromatic heterocycles. The standard InChI is InChI=1S/C46H72N12O15/c1-23(2)17-30(41(68)51-21-38(64)65)54-43(70)31(19-26-8-10-27(60)11-9-26)55-44(71)33(22-59)57-42(69)29(13-15-36(49)62)53-45(72)34-7-6-16-58(34)46(73)32(18-24(3)4)56-39(66)25(5)52-37(63)20-50-40(67)28(47)12-14-35(48)61/h8-11,23-25,28-34,59-60H,6-7,12-22,47H2,1-5H3,(H2,48,61)(H2,49,62)(H,50,67)(H,51,68)(H,52,63)(H,53,72)(H,54,70)(H,55,71)(H,56,66)(H,57,69)(H,64,65)/t25-,28-,29-,30-,31-,32-,33-,34-/m0/s1. The highest BCUT2D eigenvalue weighted by molar-refractivity contribution is 5.98. The summed E-state index contributed by atoms with van der Waals surface area (Å²) >= 11 is 0. The van der Waals surface area contributed by atoms with Crippen LogP contribution in [-0.4, -0.2) is 166 Å². The highest BCUT2D eigenvalue weighted by Gasteiger charge is 2.40. The van der Waals surface area contributed by atoms with E-state index in [0.717, 1.165) is 0 Å². The number of primary amides is 2. The number of nitrogens with two attached hydrogens (primary N) is 3. The van der Waals surface area contributed by atoms with Crippen LogP contribution in [0.1, 0.15) is 91.5 Å². The number of hydrogen-bond acceptors (Lipinski definition) is 15. The first-order chi connectivity index (χ1) is 34.2. The molecule has 27 heteroatoms. The zero-order valence-corrected chi connectivity index (χ0v) is 41.7. The van der Waals surface area contributed by atoms with Crippen molar-refractivity contribution >= 4 is 70.9 Å². The van der Waals surface area contributed by atoms with Gasteiger partial charge in [-0.25, -0.2) is 0 Å². The van der Waals surface area contributed by atoms with E-state index in [4.69, 9.17) is 22.3 Å². The molecule has 8 atom stereocenters. The summed E-state index contributed by atoms with van der Waals surface area (Å²) in [6, 6.07) is -5.26. The van der Waals surface area contributed by atoms with Crippen LogP contribution >= 0.6 is 0 Å². The summed E-state index contributed by atoms with van der Waals surface area (Å²) in [6.07, 6.45) is -0.676. The molecule has 11 amide bonds. The Kier molecular flexibility index (Phi) is 25.7. The van der Waals surface area contributed by atoms with E-state index in [1.807, 2.05) is 0 Å². The van der Waals surface area contributed by atoms with Gasteiger partial charge < -0.3 is 80.0 Å². The second-order valence-corrected chi connectivity index (χ2v) is 18.5. The Morgan fingerprint density at radius 2 is 1.15 bits per heavy atom. The number of amides is 11. The van der Waals surface area contributed by atoms with Crippen LogP contribution in [0, 0.1) is 11.8 Å². The number of carboxylic acid groups (broad SMARTS) is 1. The minimum absolute atomic E-state index is 0.0501. The fourth-order valence-corrected chi connectivity index (χ4v) is 7.48. The van der Waals surface area contributed by atoms with Crippen LogP contribution in [0.2, 0.25) is 0 Å². The lowest BCUT2D eigenvalue weighted by Crippen LogP contribution is -2.60. The molecule has 73 heavy (non-hydrogen) atoms. The monoisotopic (exact) mass is 1030 g/mol. The summed E-state index contributed by atoms with van der Waals surface area (Å²) in [5, 5.41) is 48.5. The van der Waals surface area contributed by atoms with Crippen molar-refractivity contribution in [1.82, 2.24) is 47.4 Å². The molecule has 1 fully saturated rings. The molecule has 0 aliphatic carbocycles. The molecule has 406 valence electrons. The van der Waals surface area contributed by atoms with E-state index in [2.05, 4.69) is 42.5 Å². The minimum atomic E-state index is -1.78. The van der Waals surface area contributed by atoms with Gasteiger partial charge in [0.1, 0.15) is 54.6 Å². The van der Waals surface area contributed by atoms with E-state index in [0.29, 0.717) is 12.0 Å². The third kappa shape index (κ3) is 22.3. The van der Waals surface area contributed by atoms with Gasteiger partial charge in [-0.2, -0.15) is 0 Å². The molecule has 1 aliphatic heterocycles. The van der Waals surface area contributed by atoms with Gasteiger partial charge in [0.25, 0.3) is 0 Å². The number of phenolic OH excluding ortho intramolecular Hbond substituents is 1. The maximum absolute atomic E-state index is 14.1. The van der Waals surface area contributed by atoms with Gasteiger partial charge in [-0.1, -0.05) is 39.8 Å². The average molecular weight is 1030 g/mol. The summed E-state index contributed by atoms with van der Waals surface area (Å²) in [6.45, 7) is 6.13. The zero-order chi connectivity index (χ0) is 55.1. The number of aliphatic hydroxyl groups excluding tert-OH is 1. The van der Waals surface area contributed by atoms with Crippen molar-refractivity contribution in [3.8, 4) is 5.75 Å². The van der Waals surface area contributed by atoms with E-state index in [1.165, 1.54) is 36.1 Å². The molecule has 1 aliphatic rings. The number of aliphatic hydroxyl groups is 1. The number of phenols is 1. The summed E-state index contributed by atoms with van der Waals surface area (Å²) in [5.74, 6) is -11.0. The number of aromatic hydroxyl groups is 1. The van der Waals surface area contributed by atoms with Gasteiger partial charge in [0.2, 0.25) is 65.0 Å². The van der Waals surface area contributed by atoms with Crippen molar-refractivity contribution in [2.24, 2.45) is 29.0 Å². The number of carboxylic acids is 1. The molecular weight excluding hydrogens is 961 g/mol. The largest absolute Gasteiger partial charge is 0.508 e. The second-order valence-electron chi connectivity index (χ2n) is 18.5. The van der Waals surface area contributed by atoms with E-state index in [-0.39, 0.29) is 62.7 Å². The average Bonchev–Trinajstić information content (AvgIpc) is 3.81. The van der Waals surface area contributed by atoms with Crippen molar-refractivity contribution in [1.29, 1.82) is 0 Å². The number of likely N-dealkylation sites (tertiary alicyclic amines) is 1. The van der Waals surface area contributed by atoms with E-state index >= 15 is 0 Å². The van der Waals surface area contributed by atoms with Gasteiger partial charge in [-0.15, -0.1) is 0 Å². The number of nitrogens with zero attached hydrogens (tertiary/aromatic N) is 1. The Morgan fingerprint density at radius 1 is 0.630 bits per heavy atom. The molecule has 0 unspecified atom stereocenters. The number of hydrogen-bond donors (Lipinski definition) is 14. The molecular formula is C46H72N12O15. The molecule has 2 rings (SSSR count). The SMILES string of the molecule is CC(C)C[C@H](NC(=O)[C@H](Cc1ccc(O)cc1)NC(=O)[C@H](CO)NC(=O)[C@H](CCC(N)=O)NC(=O)[C@@H]1CCCN1C(=O)[C@H](CC(C)C)NC(=O)[C@H](C)NC(=O)CNC(=O)[C@@H](N)CCC(N)=O)C(=O)NCC(=O)O. The van der Waals surface area contributed by atoms with Crippen LogP contribution in [0.4, 0.5) is 0 Å². The molecule has 0 bridgehead atoms. The number of nitrogens with one attached hydrogen (secondary N) is 8. The van der Waals surface area contributed by atoms with Crippen LogP contribution < -0.4 is 59.7 Å². The molecule has 1 aromatic rings. The Hall–Kier alpha value is -7.42. The van der Waals surface area contributed by atoms with Crippen molar-refractivity contribution in [2.75, 3.05) is 26.2 Å². The fraction of sp³-hybridized carbons (Fsp3) is 0.609. The summed E-state index contributed by atoms with van der Waals surface area (Å²) in [5.41, 5.74) is 16.6. The minimum Gasteiger partial charge on any atom is -0.508 e. The maximum Gasteiger partial charge on any atom is 0.322 e. The lowest BCUT2D eigenvalue weighted by Gasteiger charge is -2.31. The van der Waals surface area contributed by atoms with Gasteiger partial charge in [0.05, 0.1) is 19.2 Å². The topological polar surface area (TPSA) is 443 Å². The van der Waals surface area contributed by atoms with Crippen LogP contribution in [0.5, 0.6) is 5.75 Å². The molecule has 0 spiro atoms. The number of aliphatic carboxylic acids is 1. The number of carbonyl (C=O) groups excluding carboxylic acids is 11. The Labute approximate surface area is 422 Å². The third-order valence-corrected chi connectivity index (χ3v) is 11.3. The van der Waals surface area contributed by atoms with Crippen LogP contribution in [-0.2, 0) is 64.0 Å². The van der Waals surface area contributed by atoms with E-state index in [1.54, 1.807) is 27.7 Å². The smallest absolute Gasteiger partial charge is 0.322 e. The zero-order valence-electron chi connectivity index (χ0n) is 41.7. The second kappa shape index (κ2) is 30.5. The predicted molar refractivity (Wildman–Crippen MR) is 258 cm³/mol.